The minimum atomic E-state index is -0.265. The average Bonchev–Trinajstić information content (AvgIpc) is 3.21. The fraction of sp³-hybridized carbons (Fsp3) is 0.355. The normalized spacial score (nSPS) is 13.1. The number of anilines is 3. The lowest BCUT2D eigenvalue weighted by molar-refractivity contribution is 0.101. The molecule has 0 bridgehead atoms. The molecular formula is C31H38ClN3O2S. The van der Waals surface area contributed by atoms with Crippen molar-refractivity contribution in [2.45, 2.75) is 59.3 Å². The molecule has 38 heavy (non-hydrogen) atoms. The van der Waals surface area contributed by atoms with Crippen LogP contribution in [0.4, 0.5) is 17.1 Å². The maximum absolute atomic E-state index is 13.0. The maximum Gasteiger partial charge on any atom is 0.255 e. The summed E-state index contributed by atoms with van der Waals surface area (Å²) >= 11 is 8.13. The van der Waals surface area contributed by atoms with E-state index < -0.39 is 0 Å². The van der Waals surface area contributed by atoms with Gasteiger partial charge in [0.1, 0.15) is 0 Å². The molecule has 0 unspecified atom stereocenters. The molecule has 0 saturated carbocycles. The topological polar surface area (TPSA) is 61.4 Å². The highest BCUT2D eigenvalue weighted by molar-refractivity contribution is 8.00. The number of unbranched alkanes of at least 4 members (excludes halogenated alkanes) is 2. The first-order valence-electron chi connectivity index (χ1n) is 13.4. The summed E-state index contributed by atoms with van der Waals surface area (Å²) in [5.74, 6) is 0.657. The van der Waals surface area contributed by atoms with Crippen LogP contribution in [0.25, 0.3) is 0 Å². The number of halogens is 1. The van der Waals surface area contributed by atoms with Gasteiger partial charge in [0.2, 0.25) is 0 Å². The van der Waals surface area contributed by atoms with Crippen LogP contribution in [0.1, 0.15) is 78.7 Å². The van der Waals surface area contributed by atoms with E-state index >= 15 is 0 Å². The zero-order valence-corrected chi connectivity index (χ0v) is 24.1. The van der Waals surface area contributed by atoms with Crippen LogP contribution >= 0.6 is 23.5 Å². The van der Waals surface area contributed by atoms with Crippen molar-refractivity contribution in [2.75, 3.05) is 27.2 Å². The molecule has 1 fully saturated rings. The van der Waals surface area contributed by atoms with Crippen LogP contribution in [0.15, 0.2) is 66.7 Å². The number of hydrogen-bond acceptors (Lipinski definition) is 4. The van der Waals surface area contributed by atoms with Crippen LogP contribution in [-0.4, -0.2) is 24.1 Å². The SMILES string of the molecule is CCCCC.Cc1cc(N2CCCCCS2)ccc1C(=O)Nc1ccc(Cl)c(NC(=O)c2ccccc2)c1. The molecule has 1 aliphatic heterocycles. The van der Waals surface area contributed by atoms with E-state index in [-0.39, 0.29) is 11.8 Å². The predicted molar refractivity (Wildman–Crippen MR) is 164 cm³/mol. The third-order valence-electron chi connectivity index (χ3n) is 6.21. The summed E-state index contributed by atoms with van der Waals surface area (Å²) in [7, 11) is 0. The quantitative estimate of drug-likeness (QED) is 0.288. The van der Waals surface area contributed by atoms with Crippen molar-refractivity contribution in [3.8, 4) is 0 Å². The molecule has 7 heteroatoms. The van der Waals surface area contributed by atoms with Crippen molar-refractivity contribution in [1.29, 1.82) is 0 Å². The molecule has 2 N–H and O–H groups in total. The van der Waals surface area contributed by atoms with Crippen LogP contribution < -0.4 is 14.9 Å². The van der Waals surface area contributed by atoms with Crippen molar-refractivity contribution < 1.29 is 9.59 Å². The highest BCUT2D eigenvalue weighted by atomic mass is 35.5. The van der Waals surface area contributed by atoms with Crippen molar-refractivity contribution in [1.82, 2.24) is 0 Å². The monoisotopic (exact) mass is 551 g/mol. The number of amides is 2. The highest BCUT2D eigenvalue weighted by Gasteiger charge is 2.16. The Morgan fingerprint density at radius 2 is 1.66 bits per heavy atom. The van der Waals surface area contributed by atoms with E-state index in [1.165, 1.54) is 38.5 Å². The summed E-state index contributed by atoms with van der Waals surface area (Å²) in [6, 6.07) is 19.9. The lowest BCUT2D eigenvalue weighted by atomic mass is 10.1. The molecule has 3 aromatic rings. The van der Waals surface area contributed by atoms with Crippen molar-refractivity contribution in [3.05, 3.63) is 88.4 Å². The smallest absolute Gasteiger partial charge is 0.255 e. The molecule has 0 aromatic heterocycles. The number of nitrogens with zero attached hydrogens (tertiary/aromatic N) is 1. The van der Waals surface area contributed by atoms with Gasteiger partial charge in [-0.25, -0.2) is 0 Å². The Balaban J connectivity index is 0.000000732. The number of benzene rings is 3. The standard InChI is InChI=1S/C26H26ClN3O2S.C5H12/c1-18-16-21(30-14-6-3-7-15-33-30)11-12-22(18)26(32)28-20-10-13-23(27)24(17-20)29-25(31)19-8-4-2-5-9-19;1-3-5-4-2/h2,4-5,8-13,16-17H,3,6-7,14-15H2,1H3,(H,28,32)(H,29,31);3-5H2,1-2H3. The summed E-state index contributed by atoms with van der Waals surface area (Å²) in [4.78, 5) is 25.5. The minimum Gasteiger partial charge on any atom is -0.322 e. The van der Waals surface area contributed by atoms with Crippen LogP contribution in [-0.2, 0) is 0 Å². The molecule has 0 spiro atoms. The second-order valence-electron chi connectivity index (χ2n) is 9.32. The Morgan fingerprint density at radius 1 is 0.895 bits per heavy atom. The molecule has 4 rings (SSSR count). The number of aryl methyl sites for hydroxylation is 1. The second-order valence-corrected chi connectivity index (χ2v) is 10.8. The van der Waals surface area contributed by atoms with E-state index in [9.17, 15) is 9.59 Å². The third-order valence-corrected chi connectivity index (χ3v) is 7.72. The highest BCUT2D eigenvalue weighted by Crippen LogP contribution is 2.30. The summed E-state index contributed by atoms with van der Waals surface area (Å²) in [6.07, 6.45) is 7.77. The number of rotatable bonds is 7. The van der Waals surface area contributed by atoms with E-state index in [2.05, 4.69) is 34.9 Å². The first kappa shape index (κ1) is 29.6. The van der Waals surface area contributed by atoms with Crippen molar-refractivity contribution in [2.24, 2.45) is 0 Å². The van der Waals surface area contributed by atoms with Gasteiger partial charge >= 0.3 is 0 Å². The predicted octanol–water partition coefficient (Wildman–Crippen LogP) is 8.99. The lowest BCUT2D eigenvalue weighted by Crippen LogP contribution is -2.17. The molecule has 2 amide bonds. The van der Waals surface area contributed by atoms with Crippen LogP contribution in [0, 0.1) is 6.92 Å². The van der Waals surface area contributed by atoms with Crippen LogP contribution in [0.5, 0.6) is 0 Å². The molecule has 1 aliphatic rings. The van der Waals surface area contributed by atoms with E-state index in [0.29, 0.717) is 27.5 Å². The van der Waals surface area contributed by atoms with E-state index in [4.69, 9.17) is 11.6 Å². The summed E-state index contributed by atoms with van der Waals surface area (Å²) < 4.78 is 2.32. The lowest BCUT2D eigenvalue weighted by Gasteiger charge is -2.22. The van der Waals surface area contributed by atoms with Gasteiger partial charge in [-0.1, -0.05) is 69.3 Å². The van der Waals surface area contributed by atoms with E-state index in [0.717, 1.165) is 23.5 Å². The average molecular weight is 552 g/mol. The van der Waals surface area contributed by atoms with Crippen molar-refractivity contribution in [3.63, 3.8) is 0 Å². The fourth-order valence-corrected chi connectivity index (χ4v) is 5.31. The molecule has 0 radical (unpaired) electrons. The third kappa shape index (κ3) is 8.81. The minimum absolute atomic E-state index is 0.203. The molecule has 5 nitrogen and oxygen atoms in total. The first-order chi connectivity index (χ1) is 18.4. The number of nitrogens with one attached hydrogen (secondary N) is 2. The molecule has 3 aromatic carbocycles. The molecule has 0 atom stereocenters. The van der Waals surface area contributed by atoms with Gasteiger partial charge in [-0.05, 0) is 85.8 Å². The zero-order valence-electron chi connectivity index (χ0n) is 22.6. The summed E-state index contributed by atoms with van der Waals surface area (Å²) in [5, 5.41) is 6.13. The van der Waals surface area contributed by atoms with Gasteiger partial charge in [0.15, 0.2) is 0 Å². The Bertz CT molecular complexity index is 1190. The number of carbonyl (C=O) groups excluding carboxylic acids is 2. The molecular weight excluding hydrogens is 514 g/mol. The Morgan fingerprint density at radius 3 is 2.34 bits per heavy atom. The van der Waals surface area contributed by atoms with Gasteiger partial charge in [-0.15, -0.1) is 0 Å². The first-order valence-corrected chi connectivity index (χ1v) is 14.7. The largest absolute Gasteiger partial charge is 0.322 e. The Kier molecular flexibility index (Phi) is 12.0. The van der Waals surface area contributed by atoms with E-state index in [1.807, 2.05) is 37.1 Å². The van der Waals surface area contributed by atoms with Gasteiger partial charge < -0.3 is 14.9 Å². The van der Waals surface area contributed by atoms with Gasteiger partial charge in [0.05, 0.1) is 10.7 Å². The van der Waals surface area contributed by atoms with Crippen LogP contribution in [0.2, 0.25) is 5.02 Å². The summed E-state index contributed by atoms with van der Waals surface area (Å²) in [5.41, 5.74) is 4.19. The maximum atomic E-state index is 13.0. The Labute approximate surface area is 236 Å². The van der Waals surface area contributed by atoms with Gasteiger partial charge in [-0.2, -0.15) is 0 Å². The van der Waals surface area contributed by atoms with Gasteiger partial charge in [-0.3, -0.25) is 9.59 Å². The second kappa shape index (κ2) is 15.5. The molecule has 1 heterocycles. The van der Waals surface area contributed by atoms with Gasteiger partial charge in [0.25, 0.3) is 11.8 Å². The Hall–Kier alpha value is -2.96. The van der Waals surface area contributed by atoms with Crippen molar-refractivity contribution >= 4 is 52.4 Å². The molecule has 0 aliphatic carbocycles. The van der Waals surface area contributed by atoms with E-state index in [1.54, 1.807) is 42.5 Å². The fourth-order valence-electron chi connectivity index (χ4n) is 4.07. The zero-order chi connectivity index (χ0) is 27.3. The molecule has 1 saturated heterocycles. The van der Waals surface area contributed by atoms with Gasteiger partial charge in [0, 0.05) is 34.8 Å². The number of hydrogen-bond donors (Lipinski definition) is 2. The summed E-state index contributed by atoms with van der Waals surface area (Å²) in [6.45, 7) is 7.40. The van der Waals surface area contributed by atoms with Crippen LogP contribution in [0.3, 0.4) is 0 Å². The molecule has 202 valence electrons. The number of carbonyl (C=O) groups is 2.